The van der Waals surface area contributed by atoms with E-state index in [2.05, 4.69) is 15.2 Å². The molecular weight excluding hydrogens is 298 g/mol. The number of hydrogen-bond acceptors (Lipinski definition) is 5. The summed E-state index contributed by atoms with van der Waals surface area (Å²) >= 11 is 1.60. The molecule has 0 radical (unpaired) electrons. The quantitative estimate of drug-likeness (QED) is 0.923. The zero-order valence-corrected chi connectivity index (χ0v) is 14.2. The zero-order valence-electron chi connectivity index (χ0n) is 13.4. The van der Waals surface area contributed by atoms with Gasteiger partial charge in [-0.05, 0) is 26.7 Å². The number of aryl methyl sites for hydroxylation is 1. The van der Waals surface area contributed by atoms with Crippen LogP contribution < -0.4 is 5.32 Å². The largest absolute Gasteiger partial charge is 0.378 e. The van der Waals surface area contributed by atoms with E-state index in [0.29, 0.717) is 12.6 Å². The molecule has 2 fully saturated rings. The lowest BCUT2D eigenvalue weighted by atomic mass is 10.1. The molecule has 1 saturated heterocycles. The van der Waals surface area contributed by atoms with Gasteiger partial charge in [-0.3, -0.25) is 9.69 Å². The number of amides is 1. The Bertz CT molecular complexity index is 513. The summed E-state index contributed by atoms with van der Waals surface area (Å²) in [7, 11) is 0. The Kier molecular flexibility index (Phi) is 5.10. The van der Waals surface area contributed by atoms with Crippen LogP contribution in [0.15, 0.2) is 5.38 Å². The summed E-state index contributed by atoms with van der Waals surface area (Å²) in [6.07, 6.45) is 4.99. The Balaban J connectivity index is 1.63. The smallest absolute Gasteiger partial charge is 0.240 e. The lowest BCUT2D eigenvalue weighted by Gasteiger charge is -2.39. The van der Waals surface area contributed by atoms with Gasteiger partial charge in [0.1, 0.15) is 11.0 Å². The van der Waals surface area contributed by atoms with Crippen molar-refractivity contribution in [1.29, 1.82) is 0 Å². The van der Waals surface area contributed by atoms with E-state index >= 15 is 0 Å². The third-order valence-corrected chi connectivity index (χ3v) is 5.78. The molecule has 122 valence electrons. The molecule has 22 heavy (non-hydrogen) atoms. The third kappa shape index (κ3) is 3.50. The molecule has 5 nitrogen and oxygen atoms in total. The molecule has 1 amide bonds. The molecule has 2 atom stereocenters. The number of nitrogens with one attached hydrogen (secondary N) is 1. The van der Waals surface area contributed by atoms with E-state index in [1.807, 2.05) is 19.2 Å². The lowest BCUT2D eigenvalue weighted by molar-refractivity contribution is -0.135. The van der Waals surface area contributed by atoms with E-state index in [1.54, 1.807) is 11.3 Å². The molecule has 2 heterocycles. The fourth-order valence-electron chi connectivity index (χ4n) is 3.46. The van der Waals surface area contributed by atoms with Crippen LogP contribution in [0.2, 0.25) is 0 Å². The summed E-state index contributed by atoms with van der Waals surface area (Å²) < 4.78 is 5.57. The Hall–Kier alpha value is -0.980. The number of aromatic nitrogens is 1. The van der Waals surface area contributed by atoms with E-state index in [1.165, 1.54) is 25.7 Å². The lowest BCUT2D eigenvalue weighted by Crippen LogP contribution is -2.56. The minimum absolute atomic E-state index is 0.0430. The van der Waals surface area contributed by atoms with Gasteiger partial charge in [0.15, 0.2) is 0 Å². The maximum Gasteiger partial charge on any atom is 0.240 e. The van der Waals surface area contributed by atoms with Crippen molar-refractivity contribution in [1.82, 2.24) is 15.2 Å². The maximum atomic E-state index is 12.7. The first-order valence-corrected chi connectivity index (χ1v) is 9.09. The molecule has 1 aliphatic heterocycles. The van der Waals surface area contributed by atoms with Crippen molar-refractivity contribution in [2.45, 2.75) is 57.7 Å². The Labute approximate surface area is 136 Å². The first-order chi connectivity index (χ1) is 10.6. The molecule has 1 aromatic rings. The molecule has 0 aromatic carbocycles. The fourth-order valence-corrected chi connectivity index (χ4v) is 4.26. The zero-order chi connectivity index (χ0) is 15.5. The van der Waals surface area contributed by atoms with Crippen molar-refractivity contribution in [2.75, 3.05) is 19.8 Å². The number of morpholine rings is 1. The number of nitrogens with zero attached hydrogens (tertiary/aromatic N) is 2. The Morgan fingerprint density at radius 2 is 2.27 bits per heavy atom. The molecule has 1 aromatic heterocycles. The average molecular weight is 323 g/mol. The first-order valence-electron chi connectivity index (χ1n) is 8.21. The van der Waals surface area contributed by atoms with Crippen LogP contribution in [0.3, 0.4) is 0 Å². The molecule has 6 heteroatoms. The highest BCUT2D eigenvalue weighted by Crippen LogP contribution is 2.27. The van der Waals surface area contributed by atoms with Gasteiger partial charge in [-0.2, -0.15) is 0 Å². The predicted molar refractivity (Wildman–Crippen MR) is 87.0 cm³/mol. The van der Waals surface area contributed by atoms with E-state index in [-0.39, 0.29) is 18.0 Å². The highest BCUT2D eigenvalue weighted by Gasteiger charge is 2.35. The molecule has 1 N–H and O–H groups in total. The average Bonchev–Trinajstić information content (AvgIpc) is 3.18. The van der Waals surface area contributed by atoms with E-state index < -0.39 is 0 Å². The van der Waals surface area contributed by atoms with Crippen molar-refractivity contribution in [3.8, 4) is 0 Å². The summed E-state index contributed by atoms with van der Waals surface area (Å²) in [6, 6.07) is 0.357. The molecule has 1 saturated carbocycles. The number of rotatable bonds is 4. The highest BCUT2D eigenvalue weighted by atomic mass is 32.1. The van der Waals surface area contributed by atoms with Gasteiger partial charge in [0.25, 0.3) is 0 Å². The topological polar surface area (TPSA) is 54.5 Å². The second-order valence-electron chi connectivity index (χ2n) is 6.32. The fraction of sp³-hybridized carbons (Fsp3) is 0.750. The van der Waals surface area contributed by atoms with Gasteiger partial charge in [-0.1, -0.05) is 12.8 Å². The van der Waals surface area contributed by atoms with Crippen LogP contribution in [-0.2, 0) is 9.53 Å². The predicted octanol–water partition coefficient (Wildman–Crippen LogP) is 2.27. The molecule has 1 aliphatic carbocycles. The highest BCUT2D eigenvalue weighted by molar-refractivity contribution is 7.09. The van der Waals surface area contributed by atoms with Crippen molar-refractivity contribution < 1.29 is 9.53 Å². The van der Waals surface area contributed by atoms with Gasteiger partial charge in [0, 0.05) is 23.7 Å². The van der Waals surface area contributed by atoms with Gasteiger partial charge in [0.2, 0.25) is 5.91 Å². The summed E-state index contributed by atoms with van der Waals surface area (Å²) in [5.41, 5.74) is 1.01. The molecular formula is C16H25N3O2S. The normalized spacial score (nSPS) is 25.3. The van der Waals surface area contributed by atoms with Gasteiger partial charge in [-0.15, -0.1) is 11.3 Å². The molecule has 2 aliphatic rings. The standard InChI is InChI=1S/C16H25N3O2S/c1-11-10-22-16(17-11)12(2)18-15(20)14-9-21-8-7-19(14)13-5-3-4-6-13/h10,12-14H,3-9H2,1-2H3,(H,18,20)/t12-,14-/m0/s1. The SMILES string of the molecule is Cc1csc([C@H](C)NC(=O)[C@@H]2COCCN2C2CCCC2)n1. The number of hydrogen-bond donors (Lipinski definition) is 1. The van der Waals surface area contributed by atoms with Crippen LogP contribution in [0.5, 0.6) is 0 Å². The third-order valence-electron chi connectivity index (χ3n) is 4.63. The van der Waals surface area contributed by atoms with Gasteiger partial charge in [-0.25, -0.2) is 4.98 Å². The second-order valence-corrected chi connectivity index (χ2v) is 7.21. The van der Waals surface area contributed by atoms with Gasteiger partial charge >= 0.3 is 0 Å². The van der Waals surface area contributed by atoms with E-state index in [0.717, 1.165) is 23.9 Å². The number of carbonyl (C=O) groups is 1. The van der Waals surface area contributed by atoms with Crippen LogP contribution in [-0.4, -0.2) is 47.6 Å². The van der Waals surface area contributed by atoms with Crippen LogP contribution in [0.25, 0.3) is 0 Å². The summed E-state index contributed by atoms with van der Waals surface area (Å²) in [5.74, 6) is 0.0759. The van der Waals surface area contributed by atoms with Crippen molar-refractivity contribution in [3.05, 3.63) is 16.1 Å². The van der Waals surface area contributed by atoms with Crippen molar-refractivity contribution >= 4 is 17.2 Å². The summed E-state index contributed by atoms with van der Waals surface area (Å²) in [6.45, 7) is 6.09. The molecule has 0 spiro atoms. The van der Waals surface area contributed by atoms with Crippen molar-refractivity contribution in [3.63, 3.8) is 0 Å². The summed E-state index contributed by atoms with van der Waals surface area (Å²) in [4.78, 5) is 19.5. The monoisotopic (exact) mass is 323 g/mol. The number of carbonyl (C=O) groups excluding carboxylic acids is 1. The van der Waals surface area contributed by atoms with Crippen LogP contribution in [0.1, 0.15) is 49.4 Å². The second kappa shape index (κ2) is 7.06. The van der Waals surface area contributed by atoms with E-state index in [9.17, 15) is 4.79 Å². The van der Waals surface area contributed by atoms with Crippen LogP contribution in [0.4, 0.5) is 0 Å². The van der Waals surface area contributed by atoms with Gasteiger partial charge in [0.05, 0.1) is 19.3 Å². The Morgan fingerprint density at radius 3 is 2.95 bits per heavy atom. The van der Waals surface area contributed by atoms with Crippen LogP contribution in [0, 0.1) is 6.92 Å². The summed E-state index contributed by atoms with van der Waals surface area (Å²) in [5, 5.41) is 6.11. The minimum atomic E-state index is -0.152. The van der Waals surface area contributed by atoms with Gasteiger partial charge < -0.3 is 10.1 Å². The minimum Gasteiger partial charge on any atom is -0.378 e. The van der Waals surface area contributed by atoms with E-state index in [4.69, 9.17) is 4.74 Å². The van der Waals surface area contributed by atoms with Crippen LogP contribution >= 0.6 is 11.3 Å². The first kappa shape index (κ1) is 15.9. The Morgan fingerprint density at radius 1 is 1.50 bits per heavy atom. The number of thiazole rings is 1. The molecule has 0 unspecified atom stereocenters. The van der Waals surface area contributed by atoms with Crippen molar-refractivity contribution in [2.24, 2.45) is 0 Å². The number of ether oxygens (including phenoxy) is 1. The maximum absolute atomic E-state index is 12.7. The molecule has 0 bridgehead atoms. The molecule has 3 rings (SSSR count).